The SMILES string of the molecule is CC[C@@H]([C@H](C)O)n1ncn(-c2ccc(N3CCN(c4ccc(OC[C@@H]5CO[C@@](Cn6c[n+](C(C)OC(=O)N(C)c7ncccc7COC(=O)[C@@H](N)[C@@H](C)O)cn6)(c6ccc(F)cc6F)C5)cc4)CC3)cc2)c1=O.O=S([O-])O[O-]. The number of carbonyl (C=O) groups is 2. The molecule has 0 bridgehead atoms. The largest absolute Gasteiger partial charge is 0.750 e. The number of anilines is 3. The highest BCUT2D eigenvalue weighted by molar-refractivity contribution is 7.73. The molecule has 2 aliphatic rings. The van der Waals surface area contributed by atoms with Gasteiger partial charge in [-0.3, -0.25) is 9.69 Å². The van der Waals surface area contributed by atoms with E-state index in [1.165, 1.54) is 54.2 Å². The minimum Gasteiger partial charge on any atom is -0.750 e. The second-order valence-electron chi connectivity index (χ2n) is 18.8. The number of benzene rings is 3. The van der Waals surface area contributed by atoms with Gasteiger partial charge in [0.15, 0.2) is 0 Å². The number of ether oxygens (including phenoxy) is 4. The van der Waals surface area contributed by atoms with E-state index in [2.05, 4.69) is 29.3 Å². The van der Waals surface area contributed by atoms with Gasteiger partial charge in [-0.25, -0.2) is 36.8 Å². The Morgan fingerprint density at radius 2 is 1.62 bits per heavy atom. The molecule has 8 rings (SSSR count). The summed E-state index contributed by atoms with van der Waals surface area (Å²) in [7, 11) is 1.45. The lowest BCUT2D eigenvalue weighted by atomic mass is 9.87. The van der Waals surface area contributed by atoms with Crippen LogP contribution in [0.3, 0.4) is 0 Å². The molecule has 0 radical (unpaired) electrons. The first kappa shape index (κ1) is 58.4. The molecular weight excluding hydrogens is 1040 g/mol. The summed E-state index contributed by atoms with van der Waals surface area (Å²) in [6.07, 6.45) is 3.44. The van der Waals surface area contributed by atoms with E-state index in [9.17, 15) is 29.0 Å². The molecule has 0 spiro atoms. The number of aliphatic hydroxyl groups is 2. The molecule has 2 fully saturated rings. The van der Waals surface area contributed by atoms with E-state index in [-0.39, 0.29) is 49.4 Å². The van der Waals surface area contributed by atoms with Crippen molar-refractivity contribution in [2.75, 3.05) is 61.1 Å². The predicted octanol–water partition coefficient (Wildman–Crippen LogP) is 2.48. The van der Waals surface area contributed by atoms with Crippen LogP contribution in [-0.4, -0.2) is 125 Å². The molecule has 2 aliphatic heterocycles. The molecule has 420 valence electrons. The van der Waals surface area contributed by atoms with Crippen LogP contribution in [0.1, 0.15) is 63.9 Å². The van der Waals surface area contributed by atoms with E-state index < -0.39 is 71.2 Å². The fourth-order valence-electron chi connectivity index (χ4n) is 9.19. The zero-order valence-corrected chi connectivity index (χ0v) is 44.3. The Hall–Kier alpha value is -7.24. The maximum atomic E-state index is 15.6. The molecule has 1 amide bonds. The molecule has 3 aromatic carbocycles. The molecule has 6 aromatic rings. The number of rotatable bonds is 20. The molecule has 3 aromatic heterocycles. The van der Waals surface area contributed by atoms with Crippen LogP contribution in [0.2, 0.25) is 0 Å². The van der Waals surface area contributed by atoms with Gasteiger partial charge in [-0.1, -0.05) is 19.1 Å². The van der Waals surface area contributed by atoms with Crippen LogP contribution in [0.15, 0.2) is 109 Å². The third-order valence-corrected chi connectivity index (χ3v) is 13.6. The lowest BCUT2D eigenvalue weighted by Gasteiger charge is -2.37. The Balaban J connectivity index is 0.00000169. The summed E-state index contributed by atoms with van der Waals surface area (Å²) >= 11 is -2.88. The van der Waals surface area contributed by atoms with Gasteiger partial charge in [0.2, 0.25) is 12.6 Å². The number of halogens is 2. The fourth-order valence-corrected chi connectivity index (χ4v) is 9.19. The number of amides is 1. The van der Waals surface area contributed by atoms with Crippen LogP contribution in [0, 0.1) is 17.6 Å². The topological polar surface area (TPSA) is 294 Å². The van der Waals surface area contributed by atoms with E-state index in [0.717, 1.165) is 48.5 Å². The summed E-state index contributed by atoms with van der Waals surface area (Å²) in [4.78, 5) is 48.8. The fraction of sp³-hybridized carbons (Fsp3) is 0.431. The maximum absolute atomic E-state index is 15.6. The second-order valence-corrected chi connectivity index (χ2v) is 19.3. The minimum absolute atomic E-state index is 0.0421. The number of piperazine rings is 1. The highest BCUT2D eigenvalue weighted by Crippen LogP contribution is 2.42. The van der Waals surface area contributed by atoms with Gasteiger partial charge in [0, 0.05) is 85.9 Å². The van der Waals surface area contributed by atoms with Gasteiger partial charge in [0.1, 0.15) is 54.3 Å². The number of aliphatic hydroxyl groups excluding tert-OH is 2. The average Bonchev–Trinajstić information content (AvgIpc) is 4.22. The molecule has 0 saturated carbocycles. The molecular formula is C51H62F2N11O13S-. The molecule has 2 unspecified atom stereocenters. The molecule has 27 heteroatoms. The first-order valence-electron chi connectivity index (χ1n) is 24.9. The van der Waals surface area contributed by atoms with Crippen molar-refractivity contribution in [3.63, 3.8) is 0 Å². The molecule has 24 nitrogen and oxygen atoms in total. The molecule has 8 atom stereocenters. The van der Waals surface area contributed by atoms with Crippen LogP contribution in [0.4, 0.5) is 30.8 Å². The van der Waals surface area contributed by atoms with Gasteiger partial charge in [0.05, 0.1) is 48.5 Å². The van der Waals surface area contributed by atoms with E-state index in [0.29, 0.717) is 29.8 Å². The Bertz CT molecular complexity index is 3030. The number of esters is 1. The van der Waals surface area contributed by atoms with Crippen LogP contribution >= 0.6 is 0 Å². The Labute approximate surface area is 450 Å². The number of pyridine rings is 1. The van der Waals surface area contributed by atoms with Crippen molar-refractivity contribution in [3.05, 3.63) is 137 Å². The monoisotopic (exact) mass is 1110 g/mol. The third kappa shape index (κ3) is 14.3. The number of hydrogen-bond acceptors (Lipinski definition) is 19. The Morgan fingerprint density at radius 1 is 0.974 bits per heavy atom. The van der Waals surface area contributed by atoms with Crippen molar-refractivity contribution in [1.29, 1.82) is 0 Å². The molecule has 0 aliphatic carbocycles. The highest BCUT2D eigenvalue weighted by Gasteiger charge is 2.46. The van der Waals surface area contributed by atoms with Gasteiger partial charge in [0.25, 0.3) is 6.33 Å². The molecule has 4 N–H and O–H groups in total. The summed E-state index contributed by atoms with van der Waals surface area (Å²) < 4.78 is 79.5. The predicted molar refractivity (Wildman–Crippen MR) is 273 cm³/mol. The lowest BCUT2D eigenvalue weighted by Crippen LogP contribution is -2.46. The molecule has 2 saturated heterocycles. The van der Waals surface area contributed by atoms with Gasteiger partial charge >= 0.3 is 17.8 Å². The first-order valence-corrected chi connectivity index (χ1v) is 25.9. The van der Waals surface area contributed by atoms with Crippen LogP contribution in [0.5, 0.6) is 5.75 Å². The average molecular weight is 1110 g/mol. The van der Waals surface area contributed by atoms with E-state index in [1.807, 2.05) is 55.5 Å². The number of hydrogen-bond donors (Lipinski definition) is 3. The van der Waals surface area contributed by atoms with Gasteiger partial charge in [-0.15, -0.1) is 4.68 Å². The van der Waals surface area contributed by atoms with E-state index in [1.54, 1.807) is 41.6 Å². The van der Waals surface area contributed by atoms with Crippen molar-refractivity contribution < 1.29 is 70.5 Å². The molecule has 78 heavy (non-hydrogen) atoms. The zero-order valence-electron chi connectivity index (χ0n) is 43.4. The number of carbonyl (C=O) groups excluding carboxylic acids is 2. The van der Waals surface area contributed by atoms with Gasteiger partial charge in [-0.2, -0.15) is 9.67 Å². The Kier molecular flexibility index (Phi) is 19.8. The number of nitrogens with two attached hydrogens (primary N) is 1. The highest BCUT2D eigenvalue weighted by atomic mass is 32.2. The Morgan fingerprint density at radius 3 is 2.22 bits per heavy atom. The summed E-state index contributed by atoms with van der Waals surface area (Å²) in [5.41, 5.74) is 7.52. The third-order valence-electron chi connectivity index (χ3n) is 13.5. The van der Waals surface area contributed by atoms with Gasteiger partial charge in [-0.05, 0) is 87.4 Å². The molecule has 5 heterocycles. The zero-order chi connectivity index (χ0) is 56.3. The van der Waals surface area contributed by atoms with Gasteiger partial charge < -0.3 is 58.8 Å². The normalized spacial score (nSPS) is 18.7. The van der Waals surface area contributed by atoms with Crippen molar-refractivity contribution in [2.45, 2.75) is 89.8 Å². The number of nitrogens with zero attached hydrogens (tertiary/aromatic N) is 10. The van der Waals surface area contributed by atoms with E-state index >= 15 is 4.39 Å². The summed E-state index contributed by atoms with van der Waals surface area (Å²) in [6, 6.07) is 20.7. The van der Waals surface area contributed by atoms with Crippen molar-refractivity contribution in [2.24, 2.45) is 11.7 Å². The quantitative estimate of drug-likeness (QED) is 0.0325. The van der Waals surface area contributed by atoms with Crippen molar-refractivity contribution in [1.82, 2.24) is 29.1 Å². The lowest BCUT2D eigenvalue weighted by molar-refractivity contribution is -0.753. The van der Waals surface area contributed by atoms with E-state index in [4.69, 9.17) is 38.7 Å². The number of aromatic nitrogens is 7. The van der Waals surface area contributed by atoms with Crippen LogP contribution in [0.25, 0.3) is 5.69 Å². The standard InChI is InChI=1S/C51H62F2N11O9.H2O4S/c1-6-45(33(2)65)64-49(68)63(31-57-64)41-12-10-39(11-13-41)59-20-22-60(23-21-59)40-14-16-42(17-15-40)70-26-36-25-51(72-27-36,43-18-9-38(52)24-44(43)53)29-62-32-61(30-56-62)35(4)73-50(69)58(5)47-37(8-7-19-55-47)28-71-48(67)46(54)34(3)66;1-4-5(2)3/h7-19,24,30-36,45-46,65-66H,6,20-23,25-29,54H2,1-5H3;1H,(H,2,3)/q+1;/p-2/t33-,34+,35?,36+,45-,46-,51-;/m0./s1. The van der Waals surface area contributed by atoms with Crippen molar-refractivity contribution >= 4 is 40.6 Å². The maximum Gasteiger partial charge on any atom is 0.418 e. The smallest absolute Gasteiger partial charge is 0.418 e. The first-order chi connectivity index (χ1) is 37.3. The van der Waals surface area contributed by atoms with Crippen LogP contribution in [-0.2, 0) is 53.5 Å². The van der Waals surface area contributed by atoms with Crippen molar-refractivity contribution in [3.8, 4) is 11.4 Å². The van der Waals surface area contributed by atoms with Crippen LogP contribution < -0.4 is 40.7 Å². The summed E-state index contributed by atoms with van der Waals surface area (Å²) in [5.74, 6) is -1.62. The summed E-state index contributed by atoms with van der Waals surface area (Å²) in [6.45, 7) is 10.0. The summed E-state index contributed by atoms with van der Waals surface area (Å²) in [5, 5.41) is 37.0. The second kappa shape index (κ2) is 26.4. The minimum atomic E-state index is -2.88.